The van der Waals surface area contributed by atoms with Gasteiger partial charge in [0.25, 0.3) is 5.56 Å². The fraction of sp³-hybridized carbons (Fsp3) is 0. The van der Waals surface area contributed by atoms with E-state index in [1.54, 1.807) is 24.4 Å². The lowest BCUT2D eigenvalue weighted by atomic mass is 9.98. The van der Waals surface area contributed by atoms with Crippen LogP contribution >= 0.6 is 0 Å². The molecule has 134 valence electrons. The second kappa shape index (κ2) is 6.32. The van der Waals surface area contributed by atoms with Gasteiger partial charge in [0.15, 0.2) is 0 Å². The van der Waals surface area contributed by atoms with Gasteiger partial charge in [0.05, 0.1) is 11.2 Å². The molecule has 0 aliphatic rings. The molecule has 1 N–H and O–H groups in total. The van der Waals surface area contributed by atoms with E-state index in [0.717, 1.165) is 22.0 Å². The van der Waals surface area contributed by atoms with Gasteiger partial charge in [-0.1, -0.05) is 54.6 Å². The van der Waals surface area contributed by atoms with Crippen LogP contribution in [0.25, 0.3) is 38.9 Å². The summed E-state index contributed by atoms with van der Waals surface area (Å²) in [5.41, 5.74) is 2.96. The van der Waals surface area contributed by atoms with Crippen molar-refractivity contribution in [1.29, 1.82) is 0 Å². The second-order valence-electron chi connectivity index (χ2n) is 6.49. The molecule has 5 aromatic rings. The highest BCUT2D eigenvalue weighted by Gasteiger charge is 2.20. The van der Waals surface area contributed by atoms with Crippen LogP contribution in [-0.4, -0.2) is 19.5 Å². The first-order valence-electron chi connectivity index (χ1n) is 8.88. The van der Waals surface area contributed by atoms with Crippen molar-refractivity contribution in [2.24, 2.45) is 0 Å². The van der Waals surface area contributed by atoms with E-state index in [2.05, 4.69) is 4.98 Å². The first-order chi connectivity index (χ1) is 13.7. The highest BCUT2D eigenvalue weighted by Crippen LogP contribution is 2.34. The molecule has 5 heteroatoms. The normalized spacial score (nSPS) is 11.1. The molecule has 0 aliphatic carbocycles. The molecular weight excluding hydrogens is 350 g/mol. The minimum Gasteiger partial charge on any atom is -0.493 e. The molecule has 3 aromatic heterocycles. The third-order valence-corrected chi connectivity index (χ3v) is 4.76. The summed E-state index contributed by atoms with van der Waals surface area (Å²) in [7, 11) is 0. The Bertz CT molecular complexity index is 1390. The van der Waals surface area contributed by atoms with Crippen LogP contribution in [-0.2, 0) is 0 Å². The van der Waals surface area contributed by atoms with E-state index < -0.39 is 0 Å². The van der Waals surface area contributed by atoms with Gasteiger partial charge in [-0.2, -0.15) is 4.98 Å². The highest BCUT2D eigenvalue weighted by atomic mass is 16.3. The van der Waals surface area contributed by atoms with Crippen molar-refractivity contribution in [2.75, 3.05) is 0 Å². The maximum atomic E-state index is 13.2. The molecule has 0 fully saturated rings. The van der Waals surface area contributed by atoms with Crippen molar-refractivity contribution < 1.29 is 5.11 Å². The molecule has 0 aliphatic heterocycles. The number of hydrogen-bond donors (Lipinski definition) is 1. The van der Waals surface area contributed by atoms with E-state index in [-0.39, 0.29) is 17.0 Å². The van der Waals surface area contributed by atoms with Crippen LogP contribution in [0.15, 0.2) is 89.9 Å². The summed E-state index contributed by atoms with van der Waals surface area (Å²) < 4.78 is 1.42. The number of aromatic hydroxyl groups is 1. The molecule has 3 heterocycles. The van der Waals surface area contributed by atoms with Crippen LogP contribution in [0.3, 0.4) is 0 Å². The van der Waals surface area contributed by atoms with E-state index in [0.29, 0.717) is 11.3 Å². The van der Waals surface area contributed by atoms with Crippen molar-refractivity contribution >= 4 is 16.6 Å². The fourth-order valence-electron chi connectivity index (χ4n) is 3.43. The number of hydrogen-bond acceptors (Lipinski definition) is 4. The predicted molar refractivity (Wildman–Crippen MR) is 109 cm³/mol. The Morgan fingerprint density at radius 1 is 0.821 bits per heavy atom. The van der Waals surface area contributed by atoms with Gasteiger partial charge in [0, 0.05) is 17.1 Å². The van der Waals surface area contributed by atoms with E-state index in [1.807, 2.05) is 60.7 Å². The number of fused-ring (bicyclic) bond motifs is 2. The maximum absolute atomic E-state index is 13.2. The molecule has 0 unspecified atom stereocenters. The Hall–Kier alpha value is -3.99. The number of aromatic nitrogens is 3. The maximum Gasteiger partial charge on any atom is 0.271 e. The van der Waals surface area contributed by atoms with E-state index in [9.17, 15) is 9.90 Å². The SMILES string of the molecule is O=c1c(-c2nc3ccccc3cc2-c2ccccc2)c(O)nc2ccccn12. The molecule has 2 aromatic carbocycles. The summed E-state index contributed by atoms with van der Waals surface area (Å²) in [4.78, 5) is 22.1. The quantitative estimate of drug-likeness (QED) is 0.507. The van der Waals surface area contributed by atoms with E-state index in [1.165, 1.54) is 4.40 Å². The first kappa shape index (κ1) is 16.2. The Morgan fingerprint density at radius 2 is 1.57 bits per heavy atom. The minimum atomic E-state index is -0.358. The Morgan fingerprint density at radius 3 is 2.43 bits per heavy atom. The van der Waals surface area contributed by atoms with Gasteiger partial charge in [0.1, 0.15) is 11.2 Å². The summed E-state index contributed by atoms with van der Waals surface area (Å²) in [6.45, 7) is 0. The first-order valence-corrected chi connectivity index (χ1v) is 8.88. The zero-order chi connectivity index (χ0) is 19.1. The number of para-hydroxylation sites is 1. The summed E-state index contributed by atoms with van der Waals surface area (Å²) in [5.74, 6) is -0.323. The Kier molecular flexibility index (Phi) is 3.66. The lowest BCUT2D eigenvalue weighted by Gasteiger charge is -2.12. The zero-order valence-electron chi connectivity index (χ0n) is 14.8. The molecule has 0 atom stereocenters. The predicted octanol–water partition coefficient (Wildman–Crippen LogP) is 4.28. The Balaban J connectivity index is 1.91. The van der Waals surface area contributed by atoms with Gasteiger partial charge in [-0.25, -0.2) is 4.98 Å². The number of nitrogens with zero attached hydrogens (tertiary/aromatic N) is 3. The number of rotatable bonds is 2. The van der Waals surface area contributed by atoms with Crippen molar-refractivity contribution in [1.82, 2.24) is 14.4 Å². The highest BCUT2D eigenvalue weighted by molar-refractivity contribution is 5.92. The third-order valence-electron chi connectivity index (χ3n) is 4.76. The summed E-state index contributed by atoms with van der Waals surface area (Å²) in [5, 5.41) is 11.6. The van der Waals surface area contributed by atoms with Gasteiger partial charge in [-0.05, 0) is 29.8 Å². The topological polar surface area (TPSA) is 67.5 Å². The molecule has 0 spiro atoms. The molecule has 0 amide bonds. The molecule has 0 radical (unpaired) electrons. The smallest absolute Gasteiger partial charge is 0.271 e. The van der Waals surface area contributed by atoms with Gasteiger partial charge in [-0.3, -0.25) is 9.20 Å². The third kappa shape index (κ3) is 2.53. The number of benzene rings is 2. The van der Waals surface area contributed by atoms with Gasteiger partial charge in [0.2, 0.25) is 5.88 Å². The second-order valence-corrected chi connectivity index (χ2v) is 6.49. The van der Waals surface area contributed by atoms with Gasteiger partial charge >= 0.3 is 0 Å². The van der Waals surface area contributed by atoms with Crippen LogP contribution in [0.4, 0.5) is 0 Å². The molecule has 0 saturated carbocycles. The van der Waals surface area contributed by atoms with Gasteiger partial charge < -0.3 is 5.11 Å². The Labute approximate surface area is 160 Å². The van der Waals surface area contributed by atoms with Crippen LogP contribution in [0.1, 0.15) is 0 Å². The largest absolute Gasteiger partial charge is 0.493 e. The van der Waals surface area contributed by atoms with Crippen molar-refractivity contribution in [3.8, 4) is 28.3 Å². The monoisotopic (exact) mass is 365 g/mol. The fourth-order valence-corrected chi connectivity index (χ4v) is 3.43. The van der Waals surface area contributed by atoms with E-state index >= 15 is 0 Å². The van der Waals surface area contributed by atoms with Crippen LogP contribution < -0.4 is 5.56 Å². The van der Waals surface area contributed by atoms with Crippen LogP contribution in [0, 0.1) is 0 Å². The zero-order valence-corrected chi connectivity index (χ0v) is 14.8. The molecule has 28 heavy (non-hydrogen) atoms. The molecule has 5 nitrogen and oxygen atoms in total. The summed E-state index contributed by atoms with van der Waals surface area (Å²) in [6, 6.07) is 24.6. The standard InChI is InChI=1S/C23H15N3O2/c27-22-20(23(28)26-13-7-6-12-19(26)25-22)21-17(15-8-2-1-3-9-15)14-16-10-4-5-11-18(16)24-21/h1-14,27H. The van der Waals surface area contributed by atoms with Crippen LogP contribution in [0.2, 0.25) is 0 Å². The average molecular weight is 365 g/mol. The van der Waals surface area contributed by atoms with E-state index in [4.69, 9.17) is 4.98 Å². The molecule has 0 bridgehead atoms. The lowest BCUT2D eigenvalue weighted by Crippen LogP contribution is -2.17. The van der Waals surface area contributed by atoms with Crippen LogP contribution in [0.5, 0.6) is 5.88 Å². The van der Waals surface area contributed by atoms with Crippen molar-refractivity contribution in [3.63, 3.8) is 0 Å². The van der Waals surface area contributed by atoms with Crippen molar-refractivity contribution in [2.45, 2.75) is 0 Å². The molecule has 0 saturated heterocycles. The van der Waals surface area contributed by atoms with Gasteiger partial charge in [-0.15, -0.1) is 0 Å². The lowest BCUT2D eigenvalue weighted by molar-refractivity contribution is 0.455. The summed E-state index contributed by atoms with van der Waals surface area (Å²) >= 11 is 0. The molecule has 5 rings (SSSR count). The summed E-state index contributed by atoms with van der Waals surface area (Å²) in [6.07, 6.45) is 1.64. The molecular formula is C23H15N3O2. The number of pyridine rings is 2. The minimum absolute atomic E-state index is 0.0910. The van der Waals surface area contributed by atoms with Crippen molar-refractivity contribution in [3.05, 3.63) is 95.4 Å². The average Bonchev–Trinajstić information content (AvgIpc) is 2.74.